The summed E-state index contributed by atoms with van der Waals surface area (Å²) in [5.41, 5.74) is 9.99. The molecular weight excluding hydrogens is 374 g/mol. The van der Waals surface area contributed by atoms with Crippen molar-refractivity contribution in [3.05, 3.63) is 53.7 Å². The predicted octanol–water partition coefficient (Wildman–Crippen LogP) is 3.41. The third-order valence-electron chi connectivity index (χ3n) is 4.49. The summed E-state index contributed by atoms with van der Waals surface area (Å²) in [5.74, 6) is 7.07. The zero-order chi connectivity index (χ0) is 20.3. The van der Waals surface area contributed by atoms with E-state index in [9.17, 15) is 8.42 Å². The maximum absolute atomic E-state index is 11.6. The number of methoxy groups -OCH3 is 1. The summed E-state index contributed by atoms with van der Waals surface area (Å²) in [6.07, 6.45) is 0. The van der Waals surface area contributed by atoms with Crippen molar-refractivity contribution < 1.29 is 13.2 Å². The van der Waals surface area contributed by atoms with E-state index in [2.05, 4.69) is 21.1 Å². The Hall–Kier alpha value is -3.11. The van der Waals surface area contributed by atoms with Crippen LogP contribution in [0.25, 0.3) is 10.9 Å². The van der Waals surface area contributed by atoms with Crippen molar-refractivity contribution in [2.24, 2.45) is 0 Å². The highest BCUT2D eigenvalue weighted by molar-refractivity contribution is 7.92. The average Bonchev–Trinajstić information content (AvgIpc) is 2.97. The van der Waals surface area contributed by atoms with E-state index in [4.69, 9.17) is 10.5 Å². The lowest BCUT2D eigenvalue weighted by atomic mass is 10.2. The monoisotopic (exact) mass is 397 g/mol. The summed E-state index contributed by atoms with van der Waals surface area (Å²) in [6.45, 7) is 4.36. The number of nitrogen functional groups attached to an aromatic ring is 1. The molecular formula is C21H23N3O3S. The number of aryl methyl sites for hydroxylation is 1. The standard InChI is InChI=1S/C21H23N3O3S/c1-4-24-19(21(22)18-12-11-17(27-3)14-20(18)24)13-8-15-6-9-16(10-7-15)23-28(25,26)5-2/h6-7,9-12,14,23H,4-5,22H2,1-3H3. The Balaban J connectivity index is 1.96. The number of hydrogen-bond donors (Lipinski definition) is 2. The minimum atomic E-state index is -3.29. The van der Waals surface area contributed by atoms with Gasteiger partial charge in [0.15, 0.2) is 0 Å². The molecule has 0 aliphatic carbocycles. The van der Waals surface area contributed by atoms with Crippen molar-refractivity contribution in [1.29, 1.82) is 0 Å². The van der Waals surface area contributed by atoms with Crippen LogP contribution in [0.3, 0.4) is 0 Å². The minimum absolute atomic E-state index is 0.0280. The number of rotatable bonds is 5. The molecule has 1 aromatic heterocycles. The van der Waals surface area contributed by atoms with Gasteiger partial charge in [-0.15, -0.1) is 0 Å². The fourth-order valence-corrected chi connectivity index (χ4v) is 3.59. The van der Waals surface area contributed by atoms with Crippen molar-refractivity contribution in [2.45, 2.75) is 20.4 Å². The van der Waals surface area contributed by atoms with Gasteiger partial charge in [0.2, 0.25) is 10.0 Å². The Morgan fingerprint density at radius 2 is 1.82 bits per heavy atom. The number of sulfonamides is 1. The van der Waals surface area contributed by atoms with Crippen molar-refractivity contribution in [3.8, 4) is 17.6 Å². The van der Waals surface area contributed by atoms with Crippen LogP contribution in [0.5, 0.6) is 5.75 Å². The summed E-state index contributed by atoms with van der Waals surface area (Å²) in [7, 11) is -1.66. The van der Waals surface area contributed by atoms with Crippen LogP contribution in [0.1, 0.15) is 25.1 Å². The first-order valence-electron chi connectivity index (χ1n) is 8.96. The number of benzene rings is 2. The molecule has 3 N–H and O–H groups in total. The maximum atomic E-state index is 11.6. The topological polar surface area (TPSA) is 86.4 Å². The molecule has 0 radical (unpaired) electrons. The molecule has 0 aliphatic rings. The van der Waals surface area contributed by atoms with E-state index >= 15 is 0 Å². The Morgan fingerprint density at radius 3 is 2.43 bits per heavy atom. The van der Waals surface area contributed by atoms with E-state index in [1.807, 2.05) is 25.1 Å². The van der Waals surface area contributed by atoms with Crippen LogP contribution in [0.2, 0.25) is 0 Å². The fraction of sp³-hybridized carbons (Fsp3) is 0.238. The molecule has 3 rings (SSSR count). The van der Waals surface area contributed by atoms with Gasteiger partial charge in [-0.1, -0.05) is 5.92 Å². The molecule has 146 valence electrons. The van der Waals surface area contributed by atoms with Crippen molar-refractivity contribution in [3.63, 3.8) is 0 Å². The summed E-state index contributed by atoms with van der Waals surface area (Å²) in [4.78, 5) is 0. The third kappa shape index (κ3) is 3.92. The van der Waals surface area contributed by atoms with E-state index in [1.54, 1.807) is 38.3 Å². The molecule has 0 aliphatic heterocycles. The third-order valence-corrected chi connectivity index (χ3v) is 5.80. The fourth-order valence-electron chi connectivity index (χ4n) is 2.95. The van der Waals surface area contributed by atoms with Gasteiger partial charge in [0, 0.05) is 29.2 Å². The van der Waals surface area contributed by atoms with Crippen LogP contribution in [-0.2, 0) is 16.6 Å². The van der Waals surface area contributed by atoms with Crippen LogP contribution in [0, 0.1) is 11.8 Å². The summed E-state index contributed by atoms with van der Waals surface area (Å²) >= 11 is 0. The van der Waals surface area contributed by atoms with Gasteiger partial charge in [0.05, 0.1) is 24.1 Å². The molecule has 2 aromatic carbocycles. The molecule has 0 bridgehead atoms. The van der Waals surface area contributed by atoms with Gasteiger partial charge in [-0.25, -0.2) is 8.42 Å². The van der Waals surface area contributed by atoms with Crippen LogP contribution in [-0.4, -0.2) is 25.8 Å². The summed E-state index contributed by atoms with van der Waals surface area (Å²) in [6, 6.07) is 12.7. The van der Waals surface area contributed by atoms with E-state index in [0.29, 0.717) is 11.4 Å². The largest absolute Gasteiger partial charge is 0.497 e. The SMILES string of the molecule is CCn1c(C#Cc2ccc(NS(=O)(=O)CC)cc2)c(N)c2ccc(OC)cc21. The lowest BCUT2D eigenvalue weighted by molar-refractivity contribution is 0.415. The number of nitrogens with one attached hydrogen (secondary N) is 1. The first kappa shape index (κ1) is 19.6. The van der Waals surface area contributed by atoms with Crippen LogP contribution in [0.15, 0.2) is 42.5 Å². The number of ether oxygens (including phenoxy) is 1. The lowest BCUT2D eigenvalue weighted by Gasteiger charge is -2.05. The molecule has 6 nitrogen and oxygen atoms in total. The van der Waals surface area contributed by atoms with Crippen molar-refractivity contribution in [1.82, 2.24) is 4.57 Å². The van der Waals surface area contributed by atoms with Crippen molar-refractivity contribution in [2.75, 3.05) is 23.3 Å². The molecule has 28 heavy (non-hydrogen) atoms. The normalized spacial score (nSPS) is 11.1. The van der Waals surface area contributed by atoms with Gasteiger partial charge in [0.25, 0.3) is 0 Å². The molecule has 0 amide bonds. The highest BCUT2D eigenvalue weighted by Crippen LogP contribution is 2.31. The molecule has 0 saturated heterocycles. The Labute approximate surface area is 165 Å². The highest BCUT2D eigenvalue weighted by Gasteiger charge is 2.13. The quantitative estimate of drug-likeness (QED) is 0.646. The van der Waals surface area contributed by atoms with E-state index in [0.717, 1.165) is 34.5 Å². The number of fused-ring (bicyclic) bond motifs is 1. The predicted molar refractivity (Wildman–Crippen MR) is 114 cm³/mol. The van der Waals surface area contributed by atoms with Gasteiger partial charge in [-0.05, 0) is 56.2 Å². The maximum Gasteiger partial charge on any atom is 0.232 e. The molecule has 0 saturated carbocycles. The van der Waals surface area contributed by atoms with Crippen molar-refractivity contribution >= 4 is 32.3 Å². The van der Waals surface area contributed by atoms with Gasteiger partial charge in [0.1, 0.15) is 11.4 Å². The number of aromatic nitrogens is 1. The Morgan fingerprint density at radius 1 is 1.11 bits per heavy atom. The second-order valence-electron chi connectivity index (χ2n) is 6.22. The van der Waals surface area contributed by atoms with E-state index in [1.165, 1.54) is 0 Å². The minimum Gasteiger partial charge on any atom is -0.497 e. The summed E-state index contributed by atoms with van der Waals surface area (Å²) < 4.78 is 33.2. The van der Waals surface area contributed by atoms with Gasteiger partial charge >= 0.3 is 0 Å². The zero-order valence-corrected chi connectivity index (χ0v) is 16.9. The molecule has 3 aromatic rings. The first-order valence-corrected chi connectivity index (χ1v) is 10.6. The first-order chi connectivity index (χ1) is 13.4. The van der Waals surface area contributed by atoms with Crippen LogP contribution in [0.4, 0.5) is 11.4 Å². The van der Waals surface area contributed by atoms with E-state index in [-0.39, 0.29) is 5.75 Å². The Bertz CT molecular complexity index is 1170. The smallest absolute Gasteiger partial charge is 0.232 e. The average molecular weight is 398 g/mol. The molecule has 0 spiro atoms. The molecule has 0 atom stereocenters. The van der Waals surface area contributed by atoms with E-state index < -0.39 is 10.0 Å². The van der Waals surface area contributed by atoms with Gasteiger partial charge < -0.3 is 15.0 Å². The molecule has 0 unspecified atom stereocenters. The highest BCUT2D eigenvalue weighted by atomic mass is 32.2. The second-order valence-corrected chi connectivity index (χ2v) is 8.23. The summed E-state index contributed by atoms with van der Waals surface area (Å²) in [5, 5.41) is 0.941. The molecule has 7 heteroatoms. The number of anilines is 2. The lowest BCUT2D eigenvalue weighted by Crippen LogP contribution is -2.14. The zero-order valence-electron chi connectivity index (χ0n) is 16.1. The van der Waals surface area contributed by atoms with Crippen LogP contribution >= 0.6 is 0 Å². The number of hydrogen-bond acceptors (Lipinski definition) is 4. The number of nitrogens with zero attached hydrogens (tertiary/aromatic N) is 1. The Kier molecular flexibility index (Phi) is 5.52. The van der Waals surface area contributed by atoms with Crippen LogP contribution < -0.4 is 15.2 Å². The van der Waals surface area contributed by atoms with Gasteiger partial charge in [-0.2, -0.15) is 0 Å². The molecule has 0 fully saturated rings. The molecule has 1 heterocycles. The van der Waals surface area contributed by atoms with Gasteiger partial charge in [-0.3, -0.25) is 4.72 Å². The number of nitrogens with two attached hydrogens (primary N) is 1. The second kappa shape index (κ2) is 7.87.